The average Bonchev–Trinajstić information content (AvgIpc) is 3.43. The highest BCUT2D eigenvalue weighted by Gasteiger charge is 2.56. The highest BCUT2D eigenvalue weighted by atomic mass is 16.5. The molecule has 7 nitrogen and oxygen atoms in total. The average molecular weight is 391 g/mol. The van der Waals surface area contributed by atoms with Crippen molar-refractivity contribution in [1.29, 1.82) is 0 Å². The summed E-state index contributed by atoms with van der Waals surface area (Å²) in [5.74, 6) is 0.249. The molecule has 0 N–H and O–H groups in total. The van der Waals surface area contributed by atoms with Gasteiger partial charge in [-0.3, -0.25) is 14.6 Å². The lowest BCUT2D eigenvalue weighted by Gasteiger charge is -2.47. The van der Waals surface area contributed by atoms with Crippen LogP contribution in [0.15, 0.2) is 54.9 Å². The number of hydrogen-bond donors (Lipinski definition) is 0. The van der Waals surface area contributed by atoms with E-state index in [1.54, 1.807) is 37.8 Å². The van der Waals surface area contributed by atoms with Crippen molar-refractivity contribution in [3.8, 4) is 5.75 Å². The van der Waals surface area contributed by atoms with Crippen LogP contribution < -0.4 is 4.74 Å². The zero-order valence-electron chi connectivity index (χ0n) is 16.1. The third-order valence-corrected chi connectivity index (χ3v) is 6.04. The highest BCUT2D eigenvalue weighted by molar-refractivity contribution is 5.98. The lowest BCUT2D eigenvalue weighted by atomic mass is 9.85. The molecule has 3 aliphatic rings. The first kappa shape index (κ1) is 17.7. The molecule has 1 aromatic heterocycles. The van der Waals surface area contributed by atoms with Crippen LogP contribution in [0.2, 0.25) is 0 Å². The molecule has 29 heavy (non-hydrogen) atoms. The number of hydrogen-bond acceptors (Lipinski definition) is 5. The van der Waals surface area contributed by atoms with E-state index >= 15 is 0 Å². The normalized spacial score (nSPS) is 24.9. The minimum atomic E-state index is -0.905. The van der Waals surface area contributed by atoms with Gasteiger partial charge in [0, 0.05) is 25.7 Å². The van der Waals surface area contributed by atoms with Crippen LogP contribution in [0.4, 0.5) is 0 Å². The molecule has 1 aromatic carbocycles. The van der Waals surface area contributed by atoms with Gasteiger partial charge in [-0.25, -0.2) is 0 Å². The third kappa shape index (κ3) is 2.53. The fraction of sp³-hybridized carbons (Fsp3) is 0.318. The van der Waals surface area contributed by atoms with Gasteiger partial charge in [0.1, 0.15) is 18.0 Å². The number of carbonyl (C=O) groups is 2. The van der Waals surface area contributed by atoms with Gasteiger partial charge in [-0.15, -0.1) is 0 Å². The fourth-order valence-electron chi connectivity index (χ4n) is 4.61. The summed E-state index contributed by atoms with van der Waals surface area (Å²) in [7, 11) is 1.61. The maximum atomic E-state index is 13.4. The standard InChI is InChI=1S/C22H21N3O4/c1-28-17-6-4-16(5-7-17)22-13-19-18(3-2-9-23-19)21(27)25(22)11-10-24(22)20(26)15-8-12-29-14-15/h2-9,12,15H,10-11,13-14H2,1H3. The predicted molar refractivity (Wildman–Crippen MR) is 104 cm³/mol. The maximum Gasteiger partial charge on any atom is 0.257 e. The van der Waals surface area contributed by atoms with Crippen molar-refractivity contribution in [1.82, 2.24) is 14.8 Å². The lowest BCUT2D eigenvalue weighted by molar-refractivity contribution is -0.143. The summed E-state index contributed by atoms with van der Waals surface area (Å²) in [5, 5.41) is 0. The van der Waals surface area contributed by atoms with Gasteiger partial charge in [0.2, 0.25) is 5.91 Å². The molecule has 0 spiro atoms. The summed E-state index contributed by atoms with van der Waals surface area (Å²) in [4.78, 5) is 34.9. The van der Waals surface area contributed by atoms with Gasteiger partial charge in [0.05, 0.1) is 30.5 Å². The SMILES string of the molecule is COc1ccc(C23Cc4ncccc4C(=O)N2CCN3C(=O)C2C=COC2)cc1. The number of ether oxygens (including phenoxy) is 2. The second-order valence-electron chi connectivity index (χ2n) is 7.43. The van der Waals surface area contributed by atoms with E-state index in [2.05, 4.69) is 4.98 Å². The number of rotatable bonds is 3. The summed E-state index contributed by atoms with van der Waals surface area (Å²) in [5.41, 5.74) is 1.28. The Bertz CT molecular complexity index is 1000. The second kappa shape index (κ2) is 6.62. The molecule has 2 atom stereocenters. The molecule has 1 fully saturated rings. The van der Waals surface area contributed by atoms with Crippen LogP contribution >= 0.6 is 0 Å². The fourth-order valence-corrected chi connectivity index (χ4v) is 4.61. The monoisotopic (exact) mass is 391 g/mol. The number of amides is 2. The lowest BCUT2D eigenvalue weighted by Crippen LogP contribution is -2.59. The molecule has 7 heteroatoms. The van der Waals surface area contributed by atoms with Crippen molar-refractivity contribution in [2.45, 2.75) is 12.1 Å². The maximum absolute atomic E-state index is 13.4. The van der Waals surface area contributed by atoms with Gasteiger partial charge in [0.25, 0.3) is 5.91 Å². The first-order valence-corrected chi connectivity index (χ1v) is 9.65. The van der Waals surface area contributed by atoms with Crippen LogP contribution in [0, 0.1) is 5.92 Å². The molecule has 3 aliphatic heterocycles. The minimum Gasteiger partial charge on any atom is -0.500 e. The number of carbonyl (C=O) groups excluding carboxylic acids is 2. The Morgan fingerprint density at radius 3 is 2.79 bits per heavy atom. The molecule has 1 saturated heterocycles. The van der Waals surface area contributed by atoms with Gasteiger partial charge in [0.15, 0.2) is 0 Å². The highest BCUT2D eigenvalue weighted by Crippen LogP contribution is 2.45. The van der Waals surface area contributed by atoms with Crippen molar-refractivity contribution < 1.29 is 19.1 Å². The first-order chi connectivity index (χ1) is 14.1. The van der Waals surface area contributed by atoms with Gasteiger partial charge in [-0.2, -0.15) is 0 Å². The van der Waals surface area contributed by atoms with Crippen molar-refractivity contribution in [2.24, 2.45) is 5.92 Å². The topological polar surface area (TPSA) is 72.0 Å². The van der Waals surface area contributed by atoms with Crippen LogP contribution in [0.25, 0.3) is 0 Å². The number of benzene rings is 1. The van der Waals surface area contributed by atoms with Crippen molar-refractivity contribution in [3.63, 3.8) is 0 Å². The van der Waals surface area contributed by atoms with E-state index in [0.717, 1.165) is 11.3 Å². The van der Waals surface area contributed by atoms with E-state index in [1.807, 2.05) is 34.1 Å². The van der Waals surface area contributed by atoms with E-state index in [0.29, 0.717) is 37.4 Å². The predicted octanol–water partition coefficient (Wildman–Crippen LogP) is 1.94. The van der Waals surface area contributed by atoms with Gasteiger partial charge < -0.3 is 19.3 Å². The number of methoxy groups -OCH3 is 1. The Morgan fingerprint density at radius 1 is 1.24 bits per heavy atom. The molecule has 2 amide bonds. The Kier molecular flexibility index (Phi) is 4.04. The summed E-state index contributed by atoms with van der Waals surface area (Å²) in [6, 6.07) is 11.2. The van der Waals surface area contributed by atoms with E-state index in [1.165, 1.54) is 0 Å². The van der Waals surface area contributed by atoms with E-state index in [-0.39, 0.29) is 17.7 Å². The van der Waals surface area contributed by atoms with Crippen molar-refractivity contribution in [2.75, 3.05) is 26.8 Å². The first-order valence-electron chi connectivity index (χ1n) is 9.65. The Morgan fingerprint density at radius 2 is 2.07 bits per heavy atom. The molecule has 4 heterocycles. The zero-order valence-corrected chi connectivity index (χ0v) is 16.1. The smallest absolute Gasteiger partial charge is 0.257 e. The number of pyridine rings is 1. The van der Waals surface area contributed by atoms with E-state index in [4.69, 9.17) is 9.47 Å². The van der Waals surface area contributed by atoms with Crippen LogP contribution in [-0.2, 0) is 21.6 Å². The number of aromatic nitrogens is 1. The Balaban J connectivity index is 1.66. The molecule has 0 aliphatic carbocycles. The molecule has 0 saturated carbocycles. The van der Waals surface area contributed by atoms with Crippen LogP contribution in [0.5, 0.6) is 5.75 Å². The summed E-state index contributed by atoms with van der Waals surface area (Å²) >= 11 is 0. The number of nitrogens with zero attached hydrogens (tertiary/aromatic N) is 3. The molecule has 0 bridgehead atoms. The van der Waals surface area contributed by atoms with Crippen molar-refractivity contribution >= 4 is 11.8 Å². The summed E-state index contributed by atoms with van der Waals surface area (Å²) in [6.45, 7) is 1.27. The molecule has 0 radical (unpaired) electrons. The Labute approximate surface area is 168 Å². The van der Waals surface area contributed by atoms with Gasteiger partial charge in [-0.1, -0.05) is 12.1 Å². The molecule has 5 rings (SSSR count). The van der Waals surface area contributed by atoms with Gasteiger partial charge in [-0.05, 0) is 35.9 Å². The van der Waals surface area contributed by atoms with Crippen LogP contribution in [-0.4, -0.2) is 53.4 Å². The van der Waals surface area contributed by atoms with Crippen LogP contribution in [0.3, 0.4) is 0 Å². The molecular weight excluding hydrogens is 370 g/mol. The largest absolute Gasteiger partial charge is 0.500 e. The van der Waals surface area contributed by atoms with E-state index in [9.17, 15) is 9.59 Å². The number of fused-ring (bicyclic) bond motifs is 2. The molecule has 148 valence electrons. The van der Waals surface area contributed by atoms with Gasteiger partial charge >= 0.3 is 0 Å². The zero-order chi connectivity index (χ0) is 20.0. The minimum absolute atomic E-state index is 0.0377. The second-order valence-corrected chi connectivity index (χ2v) is 7.43. The third-order valence-electron chi connectivity index (χ3n) is 6.04. The van der Waals surface area contributed by atoms with Crippen molar-refractivity contribution in [3.05, 3.63) is 71.8 Å². The summed E-state index contributed by atoms with van der Waals surface area (Å²) in [6.07, 6.45) is 5.49. The van der Waals surface area contributed by atoms with Crippen LogP contribution in [0.1, 0.15) is 21.6 Å². The molecular formula is C22H21N3O4. The Hall–Kier alpha value is -3.35. The van der Waals surface area contributed by atoms with E-state index < -0.39 is 5.66 Å². The summed E-state index contributed by atoms with van der Waals surface area (Å²) < 4.78 is 10.6. The quantitative estimate of drug-likeness (QED) is 0.800. The molecule has 2 aromatic rings. The molecule has 2 unspecified atom stereocenters.